The first kappa shape index (κ1) is 12.0. The van der Waals surface area contributed by atoms with E-state index in [4.69, 9.17) is 11.6 Å². The Morgan fingerprint density at radius 2 is 2.18 bits per heavy atom. The number of aliphatic hydroxyl groups is 1. The highest BCUT2D eigenvalue weighted by Crippen LogP contribution is 2.24. The van der Waals surface area contributed by atoms with Crippen molar-refractivity contribution < 1.29 is 9.50 Å². The number of rotatable bonds is 3. The number of hydrogen-bond acceptors (Lipinski definition) is 2. The van der Waals surface area contributed by atoms with E-state index in [2.05, 4.69) is 4.98 Å². The van der Waals surface area contributed by atoms with Gasteiger partial charge in [-0.15, -0.1) is 0 Å². The second-order valence-corrected chi connectivity index (χ2v) is 4.15. The van der Waals surface area contributed by atoms with E-state index in [9.17, 15) is 9.50 Å². The maximum absolute atomic E-state index is 13.0. The van der Waals surface area contributed by atoms with Crippen LogP contribution in [-0.4, -0.2) is 10.1 Å². The lowest BCUT2D eigenvalue weighted by atomic mass is 10.0. The smallest absolute Gasteiger partial charge is 0.123 e. The topological polar surface area (TPSA) is 33.1 Å². The highest BCUT2D eigenvalue weighted by atomic mass is 35.5. The summed E-state index contributed by atoms with van der Waals surface area (Å²) < 4.78 is 13.0. The van der Waals surface area contributed by atoms with Crippen molar-refractivity contribution in [3.8, 4) is 0 Å². The van der Waals surface area contributed by atoms with Gasteiger partial charge in [0.1, 0.15) is 5.82 Å². The summed E-state index contributed by atoms with van der Waals surface area (Å²) in [6.07, 6.45) is 2.61. The molecule has 2 aromatic rings. The molecule has 1 aromatic carbocycles. The fraction of sp³-hybridized carbons (Fsp3) is 0.154. The minimum atomic E-state index is -0.757. The van der Waals surface area contributed by atoms with Gasteiger partial charge in [0.15, 0.2) is 0 Å². The Bertz CT molecular complexity index is 518. The number of hydrogen-bond donors (Lipinski definition) is 1. The number of halogens is 2. The van der Waals surface area contributed by atoms with Crippen molar-refractivity contribution in [1.29, 1.82) is 0 Å². The molecule has 1 aromatic heterocycles. The van der Waals surface area contributed by atoms with E-state index in [0.29, 0.717) is 17.0 Å². The lowest BCUT2D eigenvalue weighted by Gasteiger charge is -2.12. The van der Waals surface area contributed by atoms with Crippen LogP contribution in [0.15, 0.2) is 42.7 Å². The summed E-state index contributed by atoms with van der Waals surface area (Å²) in [4.78, 5) is 3.85. The summed E-state index contributed by atoms with van der Waals surface area (Å²) in [5.74, 6) is -0.310. The summed E-state index contributed by atoms with van der Waals surface area (Å²) in [5.41, 5.74) is 1.33. The van der Waals surface area contributed by atoms with Gasteiger partial charge >= 0.3 is 0 Å². The summed E-state index contributed by atoms with van der Waals surface area (Å²) >= 11 is 5.92. The molecule has 0 saturated heterocycles. The molecular formula is C13H11ClFNO. The summed E-state index contributed by atoms with van der Waals surface area (Å²) in [6, 6.07) is 7.81. The van der Waals surface area contributed by atoms with Crippen LogP contribution in [0.2, 0.25) is 5.02 Å². The molecule has 1 N–H and O–H groups in total. The molecule has 0 aliphatic carbocycles. The zero-order valence-electron chi connectivity index (χ0n) is 8.98. The van der Waals surface area contributed by atoms with Crippen molar-refractivity contribution in [2.24, 2.45) is 0 Å². The molecule has 1 heterocycles. The predicted molar refractivity (Wildman–Crippen MR) is 64.3 cm³/mol. The highest BCUT2D eigenvalue weighted by molar-refractivity contribution is 6.31. The van der Waals surface area contributed by atoms with Gasteiger partial charge in [-0.05, 0) is 23.8 Å². The first-order chi connectivity index (χ1) is 8.16. The largest absolute Gasteiger partial charge is 0.388 e. The van der Waals surface area contributed by atoms with Gasteiger partial charge in [0, 0.05) is 24.4 Å². The van der Waals surface area contributed by atoms with Crippen LogP contribution < -0.4 is 0 Å². The second kappa shape index (κ2) is 5.25. The van der Waals surface area contributed by atoms with Gasteiger partial charge in [-0.2, -0.15) is 0 Å². The van der Waals surface area contributed by atoms with Crippen LogP contribution in [0.5, 0.6) is 0 Å². The fourth-order valence-corrected chi connectivity index (χ4v) is 1.90. The summed E-state index contributed by atoms with van der Waals surface area (Å²) in [5, 5.41) is 10.4. The van der Waals surface area contributed by atoms with Crippen molar-refractivity contribution in [3.05, 3.63) is 64.7 Å². The first-order valence-electron chi connectivity index (χ1n) is 5.19. The third-order valence-corrected chi connectivity index (χ3v) is 2.80. The van der Waals surface area contributed by atoms with Crippen LogP contribution >= 0.6 is 11.6 Å². The van der Waals surface area contributed by atoms with Crippen LogP contribution in [0.4, 0.5) is 4.39 Å². The molecule has 88 valence electrons. The number of benzene rings is 1. The van der Waals surface area contributed by atoms with E-state index in [0.717, 1.165) is 5.56 Å². The monoisotopic (exact) mass is 251 g/mol. The van der Waals surface area contributed by atoms with E-state index in [1.165, 1.54) is 18.3 Å². The van der Waals surface area contributed by atoms with E-state index >= 15 is 0 Å². The van der Waals surface area contributed by atoms with Gasteiger partial charge < -0.3 is 5.11 Å². The Hall–Kier alpha value is -1.45. The molecule has 4 heteroatoms. The Morgan fingerprint density at radius 3 is 2.88 bits per heavy atom. The zero-order valence-corrected chi connectivity index (χ0v) is 9.73. The minimum Gasteiger partial charge on any atom is -0.388 e. The van der Waals surface area contributed by atoms with Crippen molar-refractivity contribution >= 4 is 11.6 Å². The molecule has 0 radical (unpaired) electrons. The van der Waals surface area contributed by atoms with Crippen molar-refractivity contribution in [2.45, 2.75) is 12.5 Å². The van der Waals surface area contributed by atoms with Crippen LogP contribution in [0.1, 0.15) is 17.2 Å². The zero-order chi connectivity index (χ0) is 12.3. The maximum Gasteiger partial charge on any atom is 0.123 e. The summed E-state index contributed by atoms with van der Waals surface area (Å²) in [6.45, 7) is 0. The van der Waals surface area contributed by atoms with Gasteiger partial charge in [0.25, 0.3) is 0 Å². The molecule has 2 nitrogen and oxygen atoms in total. The lowest BCUT2D eigenvalue weighted by Crippen LogP contribution is -2.03. The van der Waals surface area contributed by atoms with Gasteiger partial charge in [0.2, 0.25) is 0 Å². The highest BCUT2D eigenvalue weighted by Gasteiger charge is 2.12. The van der Waals surface area contributed by atoms with E-state index < -0.39 is 6.10 Å². The molecule has 0 aliphatic rings. The van der Waals surface area contributed by atoms with Crippen LogP contribution in [0, 0.1) is 5.82 Å². The van der Waals surface area contributed by atoms with Crippen molar-refractivity contribution in [2.75, 3.05) is 0 Å². The molecular weight excluding hydrogens is 241 g/mol. The van der Waals surface area contributed by atoms with Gasteiger partial charge in [-0.25, -0.2) is 4.39 Å². The normalized spacial score (nSPS) is 12.4. The van der Waals surface area contributed by atoms with Crippen molar-refractivity contribution in [1.82, 2.24) is 4.98 Å². The average molecular weight is 252 g/mol. The second-order valence-electron chi connectivity index (χ2n) is 3.75. The average Bonchev–Trinajstić information content (AvgIpc) is 2.29. The number of aromatic nitrogens is 1. The molecule has 0 aliphatic heterocycles. The molecule has 0 spiro atoms. The minimum absolute atomic E-state index is 0.310. The summed E-state index contributed by atoms with van der Waals surface area (Å²) in [7, 11) is 0. The molecule has 2 rings (SSSR count). The number of aliphatic hydroxyl groups excluding tert-OH is 1. The predicted octanol–water partition coefficient (Wildman–Crippen LogP) is 3.15. The number of pyridine rings is 1. The third kappa shape index (κ3) is 3.02. The lowest BCUT2D eigenvalue weighted by molar-refractivity contribution is 0.178. The van der Waals surface area contributed by atoms with Crippen LogP contribution in [-0.2, 0) is 6.42 Å². The SMILES string of the molecule is OC(Cc1cccc(F)c1)c1ccncc1Cl. The van der Waals surface area contributed by atoms with Gasteiger partial charge in [0.05, 0.1) is 11.1 Å². The quantitative estimate of drug-likeness (QED) is 0.909. The molecule has 0 fully saturated rings. The molecule has 0 saturated carbocycles. The van der Waals surface area contributed by atoms with Crippen LogP contribution in [0.3, 0.4) is 0 Å². The Balaban J connectivity index is 2.17. The van der Waals surface area contributed by atoms with Gasteiger partial charge in [-0.3, -0.25) is 4.98 Å². The van der Waals surface area contributed by atoms with E-state index in [1.807, 2.05) is 0 Å². The first-order valence-corrected chi connectivity index (χ1v) is 5.56. The maximum atomic E-state index is 13.0. The standard InChI is InChI=1S/C13H11ClFNO/c14-12-8-16-5-4-11(12)13(17)7-9-2-1-3-10(15)6-9/h1-6,8,13,17H,7H2. The molecule has 0 bridgehead atoms. The third-order valence-electron chi connectivity index (χ3n) is 2.48. The van der Waals surface area contributed by atoms with E-state index in [-0.39, 0.29) is 5.82 Å². The molecule has 0 amide bonds. The Kier molecular flexibility index (Phi) is 3.71. The fourth-order valence-electron chi connectivity index (χ4n) is 1.65. The van der Waals surface area contributed by atoms with E-state index in [1.54, 1.807) is 24.4 Å². The molecule has 17 heavy (non-hydrogen) atoms. The number of nitrogens with zero attached hydrogens (tertiary/aromatic N) is 1. The van der Waals surface area contributed by atoms with Gasteiger partial charge in [-0.1, -0.05) is 23.7 Å². The molecule has 1 unspecified atom stereocenters. The van der Waals surface area contributed by atoms with Crippen molar-refractivity contribution in [3.63, 3.8) is 0 Å². The van der Waals surface area contributed by atoms with Crippen LogP contribution in [0.25, 0.3) is 0 Å². The Morgan fingerprint density at radius 1 is 1.35 bits per heavy atom. The molecule has 1 atom stereocenters. The Labute approximate surface area is 104 Å².